The molecule has 0 amide bonds. The molecule has 0 saturated carbocycles. The highest BCUT2D eigenvalue weighted by atomic mass is 15.0. The van der Waals surface area contributed by atoms with E-state index in [-0.39, 0.29) is 0 Å². The van der Waals surface area contributed by atoms with E-state index < -0.39 is 0 Å². The molecule has 2 aromatic heterocycles. The monoisotopic (exact) mass is 486 g/mol. The Morgan fingerprint density at radius 1 is 0.474 bits per heavy atom. The van der Waals surface area contributed by atoms with Crippen LogP contribution in [0.15, 0.2) is 122 Å². The zero-order valence-electron chi connectivity index (χ0n) is 20.5. The van der Waals surface area contributed by atoms with Crippen LogP contribution in [0.4, 0.5) is 0 Å². The van der Waals surface area contributed by atoms with Crippen LogP contribution in [0.1, 0.15) is 5.82 Å². The Bertz CT molecular complexity index is 1950. The molecule has 0 saturated heterocycles. The van der Waals surface area contributed by atoms with E-state index in [1.807, 2.05) is 12.1 Å². The van der Waals surface area contributed by atoms with Crippen LogP contribution in [-0.2, 0) is 0 Å². The Labute approximate surface area is 219 Å². The average molecular weight is 487 g/mol. The van der Waals surface area contributed by atoms with Gasteiger partial charge in [-0.25, -0.2) is 15.0 Å². The molecule has 0 radical (unpaired) electrons. The van der Waals surface area contributed by atoms with Gasteiger partial charge in [0.15, 0.2) is 17.5 Å². The number of allylic oxidation sites excluding steroid dienone is 6. The fourth-order valence-electron chi connectivity index (χ4n) is 5.66. The molecule has 2 heterocycles. The third kappa shape index (κ3) is 3.31. The van der Waals surface area contributed by atoms with Crippen LogP contribution in [0.25, 0.3) is 60.7 Å². The van der Waals surface area contributed by atoms with Gasteiger partial charge in [-0.1, -0.05) is 91.0 Å². The first kappa shape index (κ1) is 21.2. The fraction of sp³-hybridized carbons (Fsp3) is 0.0588. The number of hydrogen-bond donors (Lipinski definition) is 0. The van der Waals surface area contributed by atoms with Gasteiger partial charge in [0.05, 0.1) is 0 Å². The summed E-state index contributed by atoms with van der Waals surface area (Å²) in [5.74, 6) is 2.92. The van der Waals surface area contributed by atoms with Gasteiger partial charge in [0.2, 0.25) is 0 Å². The standard InChI is InChI=1S/C34H22N4/c1-2-7-28-26(5-1)27-6-3-4-8-29(27)31-20-25(13-14-30(28)31)34-37-32(22-15-17-35-18-16-22)36-33(38-34)24-12-10-21-9-11-23(21)19-24/h1-21,23H/t21-,23?/m1/s1. The first-order chi connectivity index (χ1) is 18.8. The summed E-state index contributed by atoms with van der Waals surface area (Å²) < 4.78 is 0. The SMILES string of the molecule is C1=C[C@H]2C=CC2C=C1c1nc(-c2ccncc2)nc(-c2ccc3c4ccccc4c4ccccc4c3c2)n1. The van der Waals surface area contributed by atoms with E-state index in [2.05, 4.69) is 102 Å². The highest BCUT2D eigenvalue weighted by molar-refractivity contribution is 6.25. The molecule has 2 atom stereocenters. The van der Waals surface area contributed by atoms with E-state index in [0.29, 0.717) is 29.3 Å². The number of hydrogen-bond acceptors (Lipinski definition) is 4. The van der Waals surface area contributed by atoms with Crippen molar-refractivity contribution in [1.82, 2.24) is 19.9 Å². The van der Waals surface area contributed by atoms with Gasteiger partial charge in [0.1, 0.15) is 0 Å². The van der Waals surface area contributed by atoms with Crippen LogP contribution in [-0.4, -0.2) is 19.9 Å². The molecule has 38 heavy (non-hydrogen) atoms. The quantitative estimate of drug-likeness (QED) is 0.189. The third-order valence-corrected chi connectivity index (χ3v) is 7.70. The lowest BCUT2D eigenvalue weighted by Crippen LogP contribution is -2.17. The summed E-state index contributed by atoms with van der Waals surface area (Å²) in [6.07, 6.45) is 14.7. The number of nitrogens with zero attached hydrogens (tertiary/aromatic N) is 4. The zero-order valence-corrected chi connectivity index (χ0v) is 20.5. The van der Waals surface area contributed by atoms with E-state index in [1.54, 1.807) is 12.4 Å². The van der Waals surface area contributed by atoms with Crippen molar-refractivity contribution in [3.63, 3.8) is 0 Å². The fourth-order valence-corrected chi connectivity index (χ4v) is 5.66. The van der Waals surface area contributed by atoms with Gasteiger partial charge in [-0.15, -0.1) is 0 Å². The minimum atomic E-state index is 0.417. The van der Waals surface area contributed by atoms with Crippen molar-refractivity contribution in [1.29, 1.82) is 0 Å². The van der Waals surface area contributed by atoms with Crippen LogP contribution in [0.5, 0.6) is 0 Å². The largest absolute Gasteiger partial charge is 0.265 e. The van der Waals surface area contributed by atoms with Crippen LogP contribution in [0.3, 0.4) is 0 Å². The molecule has 0 fully saturated rings. The Morgan fingerprint density at radius 2 is 1.05 bits per heavy atom. The molecule has 1 unspecified atom stereocenters. The van der Waals surface area contributed by atoms with Crippen molar-refractivity contribution in [2.24, 2.45) is 11.8 Å². The molecule has 0 aliphatic heterocycles. The van der Waals surface area contributed by atoms with Crippen molar-refractivity contribution in [3.05, 3.63) is 127 Å². The molecule has 6 aromatic rings. The normalized spacial score (nSPS) is 17.9. The summed E-state index contributed by atoms with van der Waals surface area (Å²) in [6.45, 7) is 0. The summed E-state index contributed by atoms with van der Waals surface area (Å²) in [4.78, 5) is 19.0. The lowest BCUT2D eigenvalue weighted by molar-refractivity contribution is 0.605. The van der Waals surface area contributed by atoms with Crippen LogP contribution in [0.2, 0.25) is 0 Å². The van der Waals surface area contributed by atoms with Crippen LogP contribution >= 0.6 is 0 Å². The number of benzene rings is 4. The first-order valence-corrected chi connectivity index (χ1v) is 12.9. The number of pyridine rings is 1. The van der Waals surface area contributed by atoms with E-state index in [0.717, 1.165) is 16.7 Å². The van der Waals surface area contributed by atoms with Crippen molar-refractivity contribution in [2.75, 3.05) is 0 Å². The molecule has 0 bridgehead atoms. The van der Waals surface area contributed by atoms with Gasteiger partial charge in [-0.3, -0.25) is 4.98 Å². The van der Waals surface area contributed by atoms with Crippen molar-refractivity contribution in [3.8, 4) is 22.8 Å². The van der Waals surface area contributed by atoms with Crippen molar-refractivity contribution in [2.45, 2.75) is 0 Å². The number of rotatable bonds is 3. The molecule has 0 N–H and O–H groups in total. The van der Waals surface area contributed by atoms with Gasteiger partial charge in [0, 0.05) is 40.9 Å². The molecule has 2 aliphatic rings. The molecule has 4 heteroatoms. The minimum absolute atomic E-state index is 0.417. The zero-order chi connectivity index (χ0) is 25.1. The summed E-state index contributed by atoms with van der Waals surface area (Å²) in [5.41, 5.74) is 2.93. The highest BCUT2D eigenvalue weighted by Crippen LogP contribution is 2.38. The molecule has 2 aliphatic carbocycles. The van der Waals surface area contributed by atoms with Gasteiger partial charge in [-0.2, -0.15) is 0 Å². The second-order valence-corrected chi connectivity index (χ2v) is 9.91. The molecule has 178 valence electrons. The topological polar surface area (TPSA) is 51.6 Å². The molecule has 0 spiro atoms. The maximum Gasteiger partial charge on any atom is 0.164 e. The number of fused-ring (bicyclic) bond motifs is 7. The van der Waals surface area contributed by atoms with Crippen LogP contribution < -0.4 is 0 Å². The summed E-state index contributed by atoms with van der Waals surface area (Å²) in [6, 6.07) is 27.7. The maximum atomic E-state index is 5.00. The summed E-state index contributed by atoms with van der Waals surface area (Å²) in [5, 5.41) is 7.43. The second-order valence-electron chi connectivity index (χ2n) is 9.91. The number of aromatic nitrogens is 4. The van der Waals surface area contributed by atoms with E-state index in [4.69, 9.17) is 15.0 Å². The minimum Gasteiger partial charge on any atom is -0.265 e. The van der Waals surface area contributed by atoms with Gasteiger partial charge < -0.3 is 0 Å². The van der Waals surface area contributed by atoms with Gasteiger partial charge >= 0.3 is 0 Å². The average Bonchev–Trinajstić information content (AvgIpc) is 2.98. The Kier molecular flexibility index (Phi) is 4.61. The maximum absolute atomic E-state index is 5.00. The Hall–Kier alpha value is -4.96. The van der Waals surface area contributed by atoms with Crippen molar-refractivity contribution >= 4 is 37.9 Å². The summed E-state index contributed by atoms with van der Waals surface area (Å²) >= 11 is 0. The third-order valence-electron chi connectivity index (χ3n) is 7.70. The molecule has 8 rings (SSSR count). The lowest BCUT2D eigenvalue weighted by atomic mass is 9.77. The molecule has 4 aromatic carbocycles. The molecular weight excluding hydrogens is 464 g/mol. The smallest absolute Gasteiger partial charge is 0.164 e. The van der Waals surface area contributed by atoms with Gasteiger partial charge in [-0.05, 0) is 50.5 Å². The summed E-state index contributed by atoms with van der Waals surface area (Å²) in [7, 11) is 0. The molecule has 4 nitrogen and oxygen atoms in total. The Morgan fingerprint density at radius 3 is 1.68 bits per heavy atom. The molecular formula is C34H22N4. The Balaban J connectivity index is 1.37. The first-order valence-electron chi connectivity index (χ1n) is 12.9. The van der Waals surface area contributed by atoms with E-state index in [1.165, 1.54) is 32.3 Å². The highest BCUT2D eigenvalue weighted by Gasteiger charge is 2.24. The predicted molar refractivity (Wildman–Crippen MR) is 154 cm³/mol. The van der Waals surface area contributed by atoms with Crippen molar-refractivity contribution < 1.29 is 0 Å². The lowest BCUT2D eigenvalue weighted by Gasteiger charge is -2.27. The second kappa shape index (κ2) is 8.29. The van der Waals surface area contributed by atoms with E-state index >= 15 is 0 Å². The predicted octanol–water partition coefficient (Wildman–Crippen LogP) is 7.82. The van der Waals surface area contributed by atoms with E-state index in [9.17, 15) is 0 Å². The van der Waals surface area contributed by atoms with Crippen LogP contribution in [0, 0.1) is 11.8 Å². The van der Waals surface area contributed by atoms with Gasteiger partial charge in [0.25, 0.3) is 0 Å².